The highest BCUT2D eigenvalue weighted by Crippen LogP contribution is 2.45. The fourth-order valence-electron chi connectivity index (χ4n) is 8.35. The fraction of sp³-hybridized carbons (Fsp3) is 0. The molecule has 2 aliphatic heterocycles. The summed E-state index contributed by atoms with van der Waals surface area (Å²) < 4.78 is 9.05. The van der Waals surface area contributed by atoms with Gasteiger partial charge >= 0.3 is 0 Å². The average molecular weight is 584 g/mol. The van der Waals surface area contributed by atoms with E-state index in [4.69, 9.17) is 4.42 Å². The highest BCUT2D eigenvalue weighted by Gasteiger charge is 2.42. The largest absolute Gasteiger partial charge is 0.456 e. The summed E-state index contributed by atoms with van der Waals surface area (Å²) in [5.41, 5.74) is 15.5. The van der Waals surface area contributed by atoms with E-state index in [0.717, 1.165) is 27.6 Å². The summed E-state index contributed by atoms with van der Waals surface area (Å²) >= 11 is 0. The van der Waals surface area contributed by atoms with Crippen molar-refractivity contribution >= 4 is 83.9 Å². The molecule has 11 rings (SSSR count). The molecule has 0 spiro atoms. The van der Waals surface area contributed by atoms with Gasteiger partial charge in [0.15, 0.2) is 0 Å². The van der Waals surface area contributed by atoms with Gasteiger partial charge in [0.25, 0.3) is 6.71 Å². The van der Waals surface area contributed by atoms with Crippen LogP contribution >= 0.6 is 0 Å². The van der Waals surface area contributed by atoms with E-state index < -0.39 is 0 Å². The first kappa shape index (κ1) is 24.3. The Morgan fingerprint density at radius 3 is 2.11 bits per heavy atom. The number of rotatable bonds is 2. The van der Waals surface area contributed by atoms with Crippen LogP contribution in [0.2, 0.25) is 0 Å². The summed E-state index contributed by atoms with van der Waals surface area (Å²) in [5.74, 6) is 0. The van der Waals surface area contributed by atoms with E-state index in [1.807, 2.05) is 0 Å². The molecule has 0 bridgehead atoms. The van der Waals surface area contributed by atoms with Crippen molar-refractivity contribution in [3.8, 4) is 16.8 Å². The number of hydrogen-bond donors (Lipinski definition) is 0. The van der Waals surface area contributed by atoms with Crippen LogP contribution in [0.15, 0.2) is 156 Å². The number of benzene rings is 7. The Morgan fingerprint density at radius 2 is 1.17 bits per heavy atom. The molecule has 0 unspecified atom stereocenters. The highest BCUT2D eigenvalue weighted by atomic mass is 16.3. The molecule has 0 N–H and O–H groups in total. The molecular formula is C42H25BN2O. The number of fused-ring (bicyclic) bond motifs is 10. The van der Waals surface area contributed by atoms with Gasteiger partial charge in [0.1, 0.15) is 11.2 Å². The maximum atomic E-state index is 6.55. The van der Waals surface area contributed by atoms with E-state index in [1.54, 1.807) is 0 Å². The molecule has 212 valence electrons. The van der Waals surface area contributed by atoms with Gasteiger partial charge in [-0.1, -0.05) is 109 Å². The van der Waals surface area contributed by atoms with Crippen molar-refractivity contribution in [2.75, 3.05) is 4.90 Å². The third kappa shape index (κ3) is 3.03. The molecule has 46 heavy (non-hydrogen) atoms. The van der Waals surface area contributed by atoms with Crippen molar-refractivity contribution < 1.29 is 4.42 Å². The van der Waals surface area contributed by atoms with E-state index in [0.29, 0.717) is 0 Å². The summed E-state index contributed by atoms with van der Waals surface area (Å²) in [5, 5.41) is 4.86. The minimum absolute atomic E-state index is 0.0551. The SMILES string of the molecule is c1ccc(-c2ccccc2N2c3cc4c(cc3B3c5c2cccc5-n2c5ccccc5c5cccc3c52)oc2ccccc24)cc1. The number of para-hydroxylation sites is 4. The summed E-state index contributed by atoms with van der Waals surface area (Å²) in [6.07, 6.45) is 0. The van der Waals surface area contributed by atoms with Crippen LogP contribution in [0.3, 0.4) is 0 Å². The van der Waals surface area contributed by atoms with Gasteiger partial charge in [-0.3, -0.25) is 0 Å². The molecule has 2 aromatic heterocycles. The van der Waals surface area contributed by atoms with E-state index >= 15 is 0 Å². The Bertz CT molecular complexity index is 2720. The van der Waals surface area contributed by atoms with Gasteiger partial charge < -0.3 is 13.9 Å². The maximum Gasteiger partial charge on any atom is 0.252 e. The Hall–Kier alpha value is -6.00. The van der Waals surface area contributed by atoms with Gasteiger partial charge in [-0.25, -0.2) is 0 Å². The van der Waals surface area contributed by atoms with Crippen LogP contribution in [0.1, 0.15) is 0 Å². The monoisotopic (exact) mass is 584 g/mol. The molecule has 0 saturated carbocycles. The minimum Gasteiger partial charge on any atom is -0.456 e. The molecule has 4 heterocycles. The summed E-state index contributed by atoms with van der Waals surface area (Å²) in [6, 6.07) is 55.2. The van der Waals surface area contributed by atoms with Gasteiger partial charge in [-0.15, -0.1) is 0 Å². The molecule has 0 saturated heterocycles. The Labute approximate surface area is 265 Å². The first-order chi connectivity index (χ1) is 22.8. The first-order valence-electron chi connectivity index (χ1n) is 15.9. The molecule has 9 aromatic rings. The maximum absolute atomic E-state index is 6.55. The van der Waals surface area contributed by atoms with Gasteiger partial charge in [0.05, 0.1) is 11.2 Å². The van der Waals surface area contributed by atoms with E-state index in [2.05, 4.69) is 161 Å². The predicted molar refractivity (Wildman–Crippen MR) is 193 cm³/mol. The number of aromatic nitrogens is 1. The van der Waals surface area contributed by atoms with Crippen LogP contribution < -0.4 is 21.3 Å². The van der Waals surface area contributed by atoms with Crippen LogP contribution in [0, 0.1) is 0 Å². The Kier molecular flexibility index (Phi) is 4.66. The quantitative estimate of drug-likeness (QED) is 0.189. The van der Waals surface area contributed by atoms with Crippen molar-refractivity contribution in [2.24, 2.45) is 0 Å². The van der Waals surface area contributed by atoms with Crippen molar-refractivity contribution in [2.45, 2.75) is 0 Å². The molecule has 0 fully saturated rings. The lowest BCUT2D eigenvalue weighted by Gasteiger charge is -2.40. The third-order valence-electron chi connectivity index (χ3n) is 10.2. The predicted octanol–water partition coefficient (Wildman–Crippen LogP) is 8.96. The smallest absolute Gasteiger partial charge is 0.252 e. The molecule has 7 aromatic carbocycles. The fourth-order valence-corrected chi connectivity index (χ4v) is 8.35. The summed E-state index contributed by atoms with van der Waals surface area (Å²) in [7, 11) is 0. The lowest BCUT2D eigenvalue weighted by atomic mass is 9.34. The van der Waals surface area contributed by atoms with Crippen LogP contribution in [-0.2, 0) is 0 Å². The number of furan rings is 1. The normalized spacial score (nSPS) is 13.1. The lowest BCUT2D eigenvalue weighted by Crippen LogP contribution is -2.60. The molecule has 2 aliphatic rings. The minimum atomic E-state index is 0.0551. The third-order valence-corrected chi connectivity index (χ3v) is 10.2. The van der Waals surface area contributed by atoms with E-state index in [1.165, 1.54) is 66.4 Å². The zero-order valence-electron chi connectivity index (χ0n) is 24.8. The van der Waals surface area contributed by atoms with Crippen molar-refractivity contribution in [1.29, 1.82) is 0 Å². The van der Waals surface area contributed by atoms with Gasteiger partial charge in [0, 0.05) is 49.7 Å². The lowest BCUT2D eigenvalue weighted by molar-refractivity contribution is 0.669. The van der Waals surface area contributed by atoms with Crippen molar-refractivity contribution in [3.05, 3.63) is 152 Å². The van der Waals surface area contributed by atoms with E-state index in [9.17, 15) is 0 Å². The van der Waals surface area contributed by atoms with Gasteiger partial charge in [-0.05, 0) is 64.4 Å². The second kappa shape index (κ2) is 8.80. The summed E-state index contributed by atoms with van der Waals surface area (Å²) in [4.78, 5) is 2.50. The first-order valence-corrected chi connectivity index (χ1v) is 15.9. The zero-order chi connectivity index (χ0) is 29.9. The van der Waals surface area contributed by atoms with Crippen LogP contribution in [0.5, 0.6) is 0 Å². The second-order valence-corrected chi connectivity index (χ2v) is 12.5. The molecule has 0 aliphatic carbocycles. The molecule has 3 nitrogen and oxygen atoms in total. The molecule has 0 atom stereocenters. The Balaban J connectivity index is 1.32. The van der Waals surface area contributed by atoms with Crippen LogP contribution in [0.25, 0.3) is 60.6 Å². The number of hydrogen-bond acceptors (Lipinski definition) is 2. The van der Waals surface area contributed by atoms with Crippen molar-refractivity contribution in [3.63, 3.8) is 0 Å². The Morgan fingerprint density at radius 1 is 0.457 bits per heavy atom. The van der Waals surface area contributed by atoms with E-state index in [-0.39, 0.29) is 6.71 Å². The van der Waals surface area contributed by atoms with Gasteiger partial charge in [-0.2, -0.15) is 0 Å². The molecular weight excluding hydrogens is 559 g/mol. The number of anilines is 3. The number of nitrogens with zero attached hydrogens (tertiary/aromatic N) is 2. The van der Waals surface area contributed by atoms with Gasteiger partial charge in [0.2, 0.25) is 0 Å². The molecule has 4 heteroatoms. The second-order valence-electron chi connectivity index (χ2n) is 12.5. The molecule has 0 amide bonds. The zero-order valence-corrected chi connectivity index (χ0v) is 24.8. The van der Waals surface area contributed by atoms with Crippen molar-refractivity contribution in [1.82, 2.24) is 4.57 Å². The topological polar surface area (TPSA) is 21.3 Å². The molecule has 0 radical (unpaired) electrons. The standard InChI is InChI=1S/C42H25BN2O/c1-2-12-26(13-3-1)27-14-4-7-19-34(27)44-36-21-11-22-37-41(36)43(32-18-10-17-30-28-15-5-8-20-35(28)45(37)42(30)32)33-25-40-31(24-38(33)44)29-16-6-9-23-39(29)46-40/h1-25H. The average Bonchev–Trinajstić information content (AvgIpc) is 3.66. The van der Waals surface area contributed by atoms with Crippen LogP contribution in [-0.4, -0.2) is 11.3 Å². The van der Waals surface area contributed by atoms with Crippen LogP contribution in [0.4, 0.5) is 17.1 Å². The highest BCUT2D eigenvalue weighted by molar-refractivity contribution is 7.00. The summed E-state index contributed by atoms with van der Waals surface area (Å²) in [6.45, 7) is 0.0551.